The summed E-state index contributed by atoms with van der Waals surface area (Å²) in [5.41, 5.74) is 0.938. The number of likely N-dealkylation sites (N-methyl/N-ethyl adjacent to an activating group) is 1. The number of rotatable bonds is 8. The molecule has 1 aromatic heterocycles. The number of nitrogens with zero attached hydrogens (tertiary/aromatic N) is 3. The molecule has 1 unspecified atom stereocenters. The number of aliphatic imine (C=N–C) groups is 1. The molecule has 0 fully saturated rings. The van der Waals surface area contributed by atoms with Gasteiger partial charge in [0.05, 0.1) is 11.0 Å². The van der Waals surface area contributed by atoms with E-state index in [1.54, 1.807) is 30.5 Å². The van der Waals surface area contributed by atoms with Gasteiger partial charge in [-0.1, -0.05) is 19.1 Å². The Morgan fingerprint density at radius 3 is 2.77 bits per heavy atom. The molecule has 0 aliphatic heterocycles. The van der Waals surface area contributed by atoms with Gasteiger partial charge in [0.2, 0.25) is 0 Å². The molecule has 0 spiro atoms. The average Bonchev–Trinajstić information content (AvgIpc) is 3.08. The van der Waals surface area contributed by atoms with E-state index in [0.717, 1.165) is 35.9 Å². The lowest BCUT2D eigenvalue weighted by molar-refractivity contribution is 0.297. The first-order chi connectivity index (χ1) is 12.5. The van der Waals surface area contributed by atoms with Crippen molar-refractivity contribution in [2.24, 2.45) is 4.99 Å². The predicted octanol–water partition coefficient (Wildman–Crippen LogP) is 2.86. The number of nitrogens with one attached hydrogen (secondary N) is 2. The van der Waals surface area contributed by atoms with E-state index in [4.69, 9.17) is 0 Å². The molecule has 1 atom stereocenters. The number of aromatic nitrogens is 1. The lowest BCUT2D eigenvalue weighted by atomic mass is 10.1. The number of hydrogen-bond acceptors (Lipinski definition) is 4. The maximum atomic E-state index is 13.5. The van der Waals surface area contributed by atoms with Crippen molar-refractivity contribution in [2.75, 3.05) is 34.2 Å². The second-order valence-corrected chi connectivity index (χ2v) is 7.44. The van der Waals surface area contributed by atoms with Gasteiger partial charge in [0, 0.05) is 37.6 Å². The predicted molar refractivity (Wildman–Crippen MR) is 107 cm³/mol. The molecule has 1 aromatic carbocycles. The maximum Gasteiger partial charge on any atom is 0.191 e. The van der Waals surface area contributed by atoms with Crippen LogP contribution in [-0.2, 0) is 12.8 Å². The normalized spacial score (nSPS) is 13.1. The summed E-state index contributed by atoms with van der Waals surface area (Å²) in [5, 5.41) is 7.78. The van der Waals surface area contributed by atoms with Gasteiger partial charge in [-0.05, 0) is 38.2 Å². The number of halogens is 1. The standard InChI is InChI=1S/C19H28FN5S/c1-5-16-12-23-18(26-16)9-10-22-19(21-2)24-13-17(25(3)4)14-7-6-8-15(20)11-14/h6-8,11-12,17H,5,9-10,13H2,1-4H3,(H2,21,22,24). The van der Waals surface area contributed by atoms with E-state index >= 15 is 0 Å². The van der Waals surface area contributed by atoms with E-state index in [2.05, 4.69) is 32.4 Å². The van der Waals surface area contributed by atoms with Crippen molar-refractivity contribution in [3.05, 3.63) is 51.7 Å². The van der Waals surface area contributed by atoms with Crippen LogP contribution in [0.5, 0.6) is 0 Å². The molecular weight excluding hydrogens is 349 g/mol. The summed E-state index contributed by atoms with van der Waals surface area (Å²) in [6, 6.07) is 6.78. The second kappa shape index (κ2) is 10.2. The molecule has 2 N–H and O–H groups in total. The number of benzene rings is 1. The Morgan fingerprint density at radius 2 is 2.15 bits per heavy atom. The summed E-state index contributed by atoms with van der Waals surface area (Å²) in [6.45, 7) is 3.54. The van der Waals surface area contributed by atoms with Gasteiger partial charge in [0.25, 0.3) is 0 Å². The summed E-state index contributed by atoms with van der Waals surface area (Å²) in [6.07, 6.45) is 3.85. The summed E-state index contributed by atoms with van der Waals surface area (Å²) >= 11 is 1.76. The zero-order valence-electron chi connectivity index (χ0n) is 15.9. The second-order valence-electron chi connectivity index (χ2n) is 6.24. The Balaban J connectivity index is 1.86. The molecule has 0 radical (unpaired) electrons. The summed E-state index contributed by atoms with van der Waals surface area (Å²) in [5.74, 6) is 0.521. The SMILES string of the molecule is CCc1cnc(CCNC(=NC)NCC(c2cccc(F)c2)N(C)C)s1. The third kappa shape index (κ3) is 6.07. The molecule has 26 heavy (non-hydrogen) atoms. The molecule has 142 valence electrons. The fourth-order valence-corrected chi connectivity index (χ4v) is 3.50. The van der Waals surface area contributed by atoms with Gasteiger partial charge in [0.1, 0.15) is 5.82 Å². The van der Waals surface area contributed by atoms with Gasteiger partial charge in [-0.2, -0.15) is 0 Å². The van der Waals surface area contributed by atoms with Crippen LogP contribution in [0.4, 0.5) is 4.39 Å². The molecule has 0 aliphatic carbocycles. The van der Waals surface area contributed by atoms with Crippen LogP contribution in [0.1, 0.15) is 28.4 Å². The molecule has 0 aliphatic rings. The molecular formula is C19H28FN5S. The third-order valence-corrected chi connectivity index (χ3v) is 5.33. The van der Waals surface area contributed by atoms with E-state index in [0.29, 0.717) is 6.54 Å². The quantitative estimate of drug-likeness (QED) is 0.549. The Labute approximate surface area is 159 Å². The highest BCUT2D eigenvalue weighted by molar-refractivity contribution is 7.11. The highest BCUT2D eigenvalue weighted by Gasteiger charge is 2.15. The summed E-state index contributed by atoms with van der Waals surface area (Å²) in [4.78, 5) is 12.1. The fourth-order valence-electron chi connectivity index (χ4n) is 2.64. The largest absolute Gasteiger partial charge is 0.356 e. The number of hydrogen-bond donors (Lipinski definition) is 2. The van der Waals surface area contributed by atoms with Gasteiger partial charge in [-0.25, -0.2) is 9.37 Å². The Kier molecular flexibility index (Phi) is 8.00. The van der Waals surface area contributed by atoms with E-state index < -0.39 is 0 Å². The van der Waals surface area contributed by atoms with Crippen molar-refractivity contribution < 1.29 is 4.39 Å². The minimum Gasteiger partial charge on any atom is -0.356 e. The van der Waals surface area contributed by atoms with Crippen molar-refractivity contribution in [3.8, 4) is 0 Å². The van der Waals surface area contributed by atoms with E-state index in [1.807, 2.05) is 26.4 Å². The van der Waals surface area contributed by atoms with Gasteiger partial charge >= 0.3 is 0 Å². The van der Waals surface area contributed by atoms with Crippen LogP contribution in [0.2, 0.25) is 0 Å². The van der Waals surface area contributed by atoms with Crippen molar-refractivity contribution in [1.29, 1.82) is 0 Å². The van der Waals surface area contributed by atoms with Crippen LogP contribution in [0.3, 0.4) is 0 Å². The topological polar surface area (TPSA) is 52.6 Å². The first-order valence-corrected chi connectivity index (χ1v) is 9.65. The van der Waals surface area contributed by atoms with Crippen LogP contribution in [-0.4, -0.2) is 50.1 Å². The zero-order chi connectivity index (χ0) is 18.9. The Hall–Kier alpha value is -1.99. The Morgan fingerprint density at radius 1 is 1.35 bits per heavy atom. The highest BCUT2D eigenvalue weighted by Crippen LogP contribution is 2.18. The molecule has 0 saturated heterocycles. The van der Waals surface area contributed by atoms with Gasteiger partial charge < -0.3 is 15.5 Å². The highest BCUT2D eigenvalue weighted by atomic mass is 32.1. The van der Waals surface area contributed by atoms with Gasteiger partial charge in [0.15, 0.2) is 5.96 Å². The van der Waals surface area contributed by atoms with Gasteiger partial charge in [-0.15, -0.1) is 11.3 Å². The number of thiazole rings is 1. The lowest BCUT2D eigenvalue weighted by Crippen LogP contribution is -2.42. The monoisotopic (exact) mass is 377 g/mol. The third-order valence-electron chi connectivity index (χ3n) is 4.12. The van der Waals surface area contributed by atoms with Crippen molar-refractivity contribution in [1.82, 2.24) is 20.5 Å². The first kappa shape index (κ1) is 20.3. The van der Waals surface area contributed by atoms with Crippen molar-refractivity contribution in [3.63, 3.8) is 0 Å². The lowest BCUT2D eigenvalue weighted by Gasteiger charge is -2.26. The average molecular weight is 378 g/mol. The fraction of sp³-hybridized carbons (Fsp3) is 0.474. The molecule has 1 heterocycles. The van der Waals surface area contributed by atoms with Gasteiger partial charge in [-0.3, -0.25) is 4.99 Å². The van der Waals surface area contributed by atoms with Crippen molar-refractivity contribution >= 4 is 17.3 Å². The van der Waals surface area contributed by atoms with Crippen LogP contribution in [0.15, 0.2) is 35.5 Å². The Bertz CT molecular complexity index is 713. The number of aryl methyl sites for hydroxylation is 1. The molecule has 5 nitrogen and oxygen atoms in total. The van der Waals surface area contributed by atoms with Crippen LogP contribution in [0, 0.1) is 5.82 Å². The van der Waals surface area contributed by atoms with E-state index in [1.165, 1.54) is 10.9 Å². The molecule has 2 rings (SSSR count). The maximum absolute atomic E-state index is 13.5. The molecule has 0 saturated carbocycles. The zero-order valence-corrected chi connectivity index (χ0v) is 16.7. The van der Waals surface area contributed by atoms with Crippen molar-refractivity contribution in [2.45, 2.75) is 25.8 Å². The number of guanidine groups is 1. The minimum absolute atomic E-state index is 0.0512. The van der Waals surface area contributed by atoms with Crippen LogP contribution in [0.25, 0.3) is 0 Å². The smallest absolute Gasteiger partial charge is 0.191 e. The molecule has 7 heteroatoms. The molecule has 0 bridgehead atoms. The summed E-state index contributed by atoms with van der Waals surface area (Å²) < 4.78 is 13.5. The molecule has 0 amide bonds. The summed E-state index contributed by atoms with van der Waals surface area (Å²) in [7, 11) is 5.73. The van der Waals surface area contributed by atoms with E-state index in [-0.39, 0.29) is 11.9 Å². The molecule has 2 aromatic rings. The minimum atomic E-state index is -0.216. The van der Waals surface area contributed by atoms with Crippen LogP contribution >= 0.6 is 11.3 Å². The van der Waals surface area contributed by atoms with E-state index in [9.17, 15) is 4.39 Å². The van der Waals surface area contributed by atoms with Crippen LogP contribution < -0.4 is 10.6 Å². The first-order valence-electron chi connectivity index (χ1n) is 8.83.